The summed E-state index contributed by atoms with van der Waals surface area (Å²) < 4.78 is 13.5. The highest BCUT2D eigenvalue weighted by Gasteiger charge is 2.34. The number of carbonyl (C=O) groups is 2. The van der Waals surface area contributed by atoms with E-state index in [1.54, 1.807) is 4.90 Å². The third-order valence-corrected chi connectivity index (χ3v) is 7.42. The van der Waals surface area contributed by atoms with Gasteiger partial charge in [0.25, 0.3) is 6.01 Å². The minimum Gasteiger partial charge on any atom is -0.481 e. The highest BCUT2D eigenvalue weighted by Crippen LogP contribution is 2.42. The predicted octanol–water partition coefficient (Wildman–Crippen LogP) is 5.34. The van der Waals surface area contributed by atoms with Gasteiger partial charge >= 0.3 is 12.1 Å². The van der Waals surface area contributed by atoms with Crippen molar-refractivity contribution >= 4 is 28.8 Å². The summed E-state index contributed by atoms with van der Waals surface area (Å²) in [4.78, 5) is 30.7. The molecule has 0 bridgehead atoms. The van der Waals surface area contributed by atoms with Crippen LogP contribution in [0.4, 0.5) is 10.5 Å². The lowest BCUT2D eigenvalue weighted by Crippen LogP contribution is -2.42. The lowest BCUT2D eigenvalue weighted by molar-refractivity contribution is -0.143. The number of hydrogen-bond acceptors (Lipinski definition) is 5. The molecule has 1 saturated carbocycles. The second-order valence-electron chi connectivity index (χ2n) is 9.54. The number of aryl methyl sites for hydroxylation is 1. The number of amides is 1. The number of fused-ring (bicyclic) bond motifs is 3. The Bertz CT molecular complexity index is 1230. The summed E-state index contributed by atoms with van der Waals surface area (Å²) in [6, 6.07) is 14.6. The van der Waals surface area contributed by atoms with Crippen LogP contribution in [-0.4, -0.2) is 39.9 Å². The Kier molecular flexibility index (Phi) is 6.36. The molecule has 2 heterocycles. The number of methoxy groups -OCH3 is 1. The number of aliphatic carboxylic acids is 1. The number of carbonyl (C=O) groups excluding carboxylic acids is 1. The molecule has 8 nitrogen and oxygen atoms in total. The molecule has 0 spiro atoms. The smallest absolute Gasteiger partial charge is 0.414 e. The molecular formula is C27H31N3O5. The summed E-state index contributed by atoms with van der Waals surface area (Å²) in [5.41, 5.74) is 4.70. The van der Waals surface area contributed by atoms with E-state index in [2.05, 4.69) is 4.57 Å². The van der Waals surface area contributed by atoms with Crippen LogP contribution in [0.2, 0.25) is 0 Å². The number of benzene rings is 2. The minimum absolute atomic E-state index is 0.0367. The van der Waals surface area contributed by atoms with Gasteiger partial charge in [-0.15, -0.1) is 0 Å². The Balaban J connectivity index is 1.56. The molecule has 2 aromatic carbocycles. The first-order valence-electron chi connectivity index (χ1n) is 12.3. The third-order valence-electron chi connectivity index (χ3n) is 7.42. The number of rotatable bonds is 5. The van der Waals surface area contributed by atoms with Gasteiger partial charge in [-0.05, 0) is 63.1 Å². The Labute approximate surface area is 204 Å². The Morgan fingerprint density at radius 1 is 1.06 bits per heavy atom. The molecule has 1 aromatic heterocycles. The van der Waals surface area contributed by atoms with Crippen molar-refractivity contribution in [3.63, 3.8) is 0 Å². The van der Waals surface area contributed by atoms with Gasteiger partial charge in [-0.1, -0.05) is 30.3 Å². The summed E-state index contributed by atoms with van der Waals surface area (Å²) in [5.74, 6) is -1.01. The molecule has 0 radical (unpaired) electrons. The molecule has 5 rings (SSSR count). The van der Waals surface area contributed by atoms with Crippen molar-refractivity contribution in [3.05, 3.63) is 53.6 Å². The molecule has 1 N–H and O–H groups in total. The van der Waals surface area contributed by atoms with Gasteiger partial charge in [0.1, 0.15) is 6.61 Å². The number of ether oxygens (including phenoxy) is 2. The van der Waals surface area contributed by atoms with Crippen LogP contribution in [0.15, 0.2) is 42.5 Å². The fraction of sp³-hybridized carbons (Fsp3) is 0.444. The molecule has 1 aliphatic carbocycles. The monoisotopic (exact) mass is 477 g/mol. The zero-order valence-electron chi connectivity index (χ0n) is 20.1. The largest absolute Gasteiger partial charge is 0.481 e. The van der Waals surface area contributed by atoms with Gasteiger partial charge in [-0.25, -0.2) is 4.79 Å². The van der Waals surface area contributed by atoms with Crippen LogP contribution >= 0.6 is 0 Å². The zero-order valence-corrected chi connectivity index (χ0v) is 20.1. The fourth-order valence-electron chi connectivity index (χ4n) is 5.51. The Morgan fingerprint density at radius 2 is 1.80 bits per heavy atom. The van der Waals surface area contributed by atoms with E-state index in [4.69, 9.17) is 14.5 Å². The number of carboxylic acids is 1. The molecule has 8 heteroatoms. The van der Waals surface area contributed by atoms with Crippen LogP contribution in [0.3, 0.4) is 0 Å². The highest BCUT2D eigenvalue weighted by atomic mass is 16.5. The van der Waals surface area contributed by atoms with E-state index in [1.165, 1.54) is 7.11 Å². The SMILES string of the molecule is COC(=O)N1c2ccc3c(nc(OCc4ccccc4)n3[C@H]3CC[C@H](C(=O)O)CC3)c2CC[C@@H]1C. The van der Waals surface area contributed by atoms with Gasteiger partial charge in [0, 0.05) is 17.6 Å². The first kappa shape index (κ1) is 23.2. The number of nitrogens with zero attached hydrogens (tertiary/aromatic N) is 3. The standard InChI is InChI=1S/C27H31N3O5/c1-17-8-13-21-22(29(17)27(33)34-2)14-15-23-24(21)28-26(35-16-18-6-4-3-5-7-18)30(23)20-11-9-19(10-12-20)25(31)32/h3-7,14-15,17,19-20H,8-13,16H2,1-2H3,(H,31,32)/t17-,19-,20-/m0/s1. The van der Waals surface area contributed by atoms with Crippen molar-refractivity contribution in [1.82, 2.24) is 9.55 Å². The molecule has 2 aliphatic rings. The van der Waals surface area contributed by atoms with E-state index in [9.17, 15) is 14.7 Å². The van der Waals surface area contributed by atoms with Crippen LogP contribution in [0.1, 0.15) is 56.2 Å². The number of anilines is 1. The lowest BCUT2D eigenvalue weighted by atomic mass is 9.86. The minimum atomic E-state index is -0.717. The van der Waals surface area contributed by atoms with Gasteiger partial charge in [0.15, 0.2) is 0 Å². The normalized spacial score (nSPS) is 22.0. The summed E-state index contributed by atoms with van der Waals surface area (Å²) in [6.07, 6.45) is 4.04. The lowest BCUT2D eigenvalue weighted by Gasteiger charge is -2.34. The van der Waals surface area contributed by atoms with Crippen LogP contribution in [0.25, 0.3) is 11.0 Å². The van der Waals surface area contributed by atoms with E-state index in [-0.39, 0.29) is 24.1 Å². The number of imidazole rings is 1. The van der Waals surface area contributed by atoms with E-state index in [0.29, 0.717) is 25.5 Å². The van der Waals surface area contributed by atoms with Gasteiger partial charge in [-0.3, -0.25) is 14.3 Å². The van der Waals surface area contributed by atoms with Gasteiger partial charge in [-0.2, -0.15) is 4.98 Å². The molecule has 0 unspecified atom stereocenters. The number of aromatic nitrogens is 2. The Morgan fingerprint density at radius 3 is 2.49 bits per heavy atom. The second kappa shape index (κ2) is 9.60. The van der Waals surface area contributed by atoms with Crippen molar-refractivity contribution in [3.8, 4) is 6.01 Å². The molecule has 1 atom stereocenters. The van der Waals surface area contributed by atoms with E-state index in [1.807, 2.05) is 49.4 Å². The van der Waals surface area contributed by atoms with Crippen LogP contribution in [-0.2, 0) is 22.6 Å². The average Bonchev–Trinajstić information content (AvgIpc) is 3.26. The zero-order chi connectivity index (χ0) is 24.5. The quantitative estimate of drug-likeness (QED) is 0.533. The molecule has 1 fully saturated rings. The first-order chi connectivity index (χ1) is 17.0. The van der Waals surface area contributed by atoms with Crippen LogP contribution in [0, 0.1) is 5.92 Å². The molecule has 1 aliphatic heterocycles. The fourth-order valence-corrected chi connectivity index (χ4v) is 5.51. The number of hydrogen-bond donors (Lipinski definition) is 1. The molecule has 0 saturated heterocycles. The molecule has 35 heavy (non-hydrogen) atoms. The van der Waals surface area contributed by atoms with Crippen molar-refractivity contribution < 1.29 is 24.2 Å². The van der Waals surface area contributed by atoms with Gasteiger partial charge < -0.3 is 14.6 Å². The maximum atomic E-state index is 12.5. The molecule has 184 valence electrons. The molecule has 3 aromatic rings. The Hall–Kier alpha value is -3.55. The number of carboxylic acid groups (broad SMARTS) is 1. The summed E-state index contributed by atoms with van der Waals surface area (Å²) in [5, 5.41) is 9.45. The van der Waals surface area contributed by atoms with Crippen molar-refractivity contribution in [2.75, 3.05) is 12.0 Å². The van der Waals surface area contributed by atoms with Gasteiger partial charge in [0.2, 0.25) is 0 Å². The van der Waals surface area contributed by atoms with E-state index in [0.717, 1.165) is 53.5 Å². The second-order valence-corrected chi connectivity index (χ2v) is 9.54. The molecule has 1 amide bonds. The average molecular weight is 478 g/mol. The van der Waals surface area contributed by atoms with E-state index < -0.39 is 5.97 Å². The van der Waals surface area contributed by atoms with E-state index >= 15 is 0 Å². The van der Waals surface area contributed by atoms with Crippen molar-refractivity contribution in [2.45, 2.75) is 64.1 Å². The highest BCUT2D eigenvalue weighted by molar-refractivity contribution is 5.95. The van der Waals surface area contributed by atoms with Crippen molar-refractivity contribution in [1.29, 1.82) is 0 Å². The first-order valence-corrected chi connectivity index (χ1v) is 12.3. The van der Waals surface area contributed by atoms with Gasteiger partial charge in [0.05, 0.1) is 29.7 Å². The van der Waals surface area contributed by atoms with Crippen LogP contribution < -0.4 is 9.64 Å². The van der Waals surface area contributed by atoms with Crippen molar-refractivity contribution in [2.24, 2.45) is 5.92 Å². The third kappa shape index (κ3) is 4.33. The maximum Gasteiger partial charge on any atom is 0.414 e. The summed E-state index contributed by atoms with van der Waals surface area (Å²) >= 11 is 0. The summed E-state index contributed by atoms with van der Waals surface area (Å²) in [6.45, 7) is 2.42. The predicted molar refractivity (Wildman–Crippen MR) is 132 cm³/mol. The maximum absolute atomic E-state index is 12.5. The topological polar surface area (TPSA) is 93.9 Å². The summed E-state index contributed by atoms with van der Waals surface area (Å²) in [7, 11) is 1.40. The van der Waals surface area contributed by atoms with Crippen LogP contribution in [0.5, 0.6) is 6.01 Å². The molecular weight excluding hydrogens is 446 g/mol.